The SMILES string of the molecule is O=C(Cn1cccc2c3ccc([N+](=O)[O-])cc3cc1-2)c1ccccc1. The van der Waals surface area contributed by atoms with Crippen molar-refractivity contribution < 1.29 is 9.72 Å². The molecule has 0 saturated heterocycles. The van der Waals surface area contributed by atoms with Crippen molar-refractivity contribution >= 4 is 22.2 Å². The molecule has 0 radical (unpaired) electrons. The second kappa shape index (κ2) is 5.87. The molecule has 0 fully saturated rings. The summed E-state index contributed by atoms with van der Waals surface area (Å²) in [6.45, 7) is 0.222. The fourth-order valence-electron chi connectivity index (χ4n) is 3.14. The number of Topliss-reactive ketones (excluding diaryl/α,β-unsaturated/α-hetero) is 1. The van der Waals surface area contributed by atoms with E-state index in [1.54, 1.807) is 24.3 Å². The zero-order valence-corrected chi connectivity index (χ0v) is 13.3. The molecule has 5 heteroatoms. The minimum absolute atomic E-state index is 0.0225. The smallest absolute Gasteiger partial charge is 0.270 e. The molecule has 1 aliphatic carbocycles. The van der Waals surface area contributed by atoms with Gasteiger partial charge in [-0.2, -0.15) is 0 Å². The standard InChI is InChI=1S/C20H14N2O3/c23-20(14-5-2-1-3-6-14)13-21-10-4-7-18-17-9-8-16(22(24)25)11-15(17)12-19(18)21/h1-12H,13H2. The molecule has 2 aliphatic rings. The predicted octanol–water partition coefficient (Wildman–Crippen LogP) is 4.54. The van der Waals surface area contributed by atoms with Crippen molar-refractivity contribution in [1.82, 2.24) is 4.57 Å². The molecule has 0 atom stereocenters. The van der Waals surface area contributed by atoms with Crippen LogP contribution in [0, 0.1) is 10.1 Å². The third-order valence-electron chi connectivity index (χ3n) is 4.35. The number of carbonyl (C=O) groups is 1. The first-order chi connectivity index (χ1) is 12.1. The maximum Gasteiger partial charge on any atom is 0.270 e. The number of fused-ring (bicyclic) bond motifs is 3. The fourth-order valence-corrected chi connectivity index (χ4v) is 3.14. The van der Waals surface area contributed by atoms with Gasteiger partial charge in [-0.15, -0.1) is 0 Å². The van der Waals surface area contributed by atoms with Gasteiger partial charge in [-0.3, -0.25) is 14.9 Å². The van der Waals surface area contributed by atoms with Gasteiger partial charge >= 0.3 is 0 Å². The Morgan fingerprint density at radius 3 is 2.56 bits per heavy atom. The number of rotatable bonds is 4. The average Bonchev–Trinajstić information content (AvgIpc) is 3.01. The van der Waals surface area contributed by atoms with E-state index in [-0.39, 0.29) is 18.0 Å². The number of pyridine rings is 1. The van der Waals surface area contributed by atoms with Gasteiger partial charge in [0.15, 0.2) is 5.78 Å². The van der Waals surface area contributed by atoms with Crippen molar-refractivity contribution in [1.29, 1.82) is 0 Å². The first-order valence-corrected chi connectivity index (χ1v) is 7.88. The molecule has 4 rings (SSSR count). The van der Waals surface area contributed by atoms with Gasteiger partial charge in [0, 0.05) is 35.2 Å². The average molecular weight is 330 g/mol. The molecule has 1 aliphatic heterocycles. The summed E-state index contributed by atoms with van der Waals surface area (Å²) in [5, 5.41) is 12.7. The largest absolute Gasteiger partial charge is 0.340 e. The second-order valence-electron chi connectivity index (χ2n) is 5.90. The van der Waals surface area contributed by atoms with Gasteiger partial charge < -0.3 is 4.57 Å². The zero-order valence-electron chi connectivity index (χ0n) is 13.3. The summed E-state index contributed by atoms with van der Waals surface area (Å²) < 4.78 is 1.89. The van der Waals surface area contributed by atoms with Gasteiger partial charge in [0.2, 0.25) is 0 Å². The molecule has 0 aromatic heterocycles. The summed E-state index contributed by atoms with van der Waals surface area (Å²) in [6, 6.07) is 19.8. The number of hydrogen-bond acceptors (Lipinski definition) is 3. The zero-order chi connectivity index (χ0) is 17.4. The van der Waals surface area contributed by atoms with Crippen molar-refractivity contribution in [3.63, 3.8) is 0 Å². The summed E-state index contributed by atoms with van der Waals surface area (Å²) >= 11 is 0. The predicted molar refractivity (Wildman–Crippen MR) is 96.0 cm³/mol. The van der Waals surface area contributed by atoms with Crippen molar-refractivity contribution in [2.24, 2.45) is 0 Å². The Balaban J connectivity index is 1.77. The molecule has 0 N–H and O–H groups in total. The number of nitro groups is 1. The van der Waals surface area contributed by atoms with Crippen LogP contribution in [0.2, 0.25) is 0 Å². The molecule has 0 saturated carbocycles. The number of nitrogens with zero attached hydrogens (tertiary/aromatic N) is 2. The van der Waals surface area contributed by atoms with Gasteiger partial charge in [0.05, 0.1) is 11.5 Å². The normalized spacial score (nSPS) is 11.0. The second-order valence-corrected chi connectivity index (χ2v) is 5.90. The van der Waals surface area contributed by atoms with Gasteiger partial charge in [-0.1, -0.05) is 36.4 Å². The first-order valence-electron chi connectivity index (χ1n) is 7.88. The number of nitro benzene ring substituents is 1. The lowest BCUT2D eigenvalue weighted by molar-refractivity contribution is -0.384. The molecule has 122 valence electrons. The quantitative estimate of drug-likeness (QED) is 0.313. The van der Waals surface area contributed by atoms with Crippen LogP contribution in [0.5, 0.6) is 0 Å². The monoisotopic (exact) mass is 330 g/mol. The molecule has 2 aromatic rings. The third kappa shape index (κ3) is 2.65. The van der Waals surface area contributed by atoms with E-state index < -0.39 is 4.92 Å². The van der Waals surface area contributed by atoms with Crippen LogP contribution in [0.4, 0.5) is 5.69 Å². The highest BCUT2D eigenvalue weighted by molar-refractivity contribution is 6.03. The Bertz CT molecular complexity index is 1070. The van der Waals surface area contributed by atoms with E-state index in [1.165, 1.54) is 6.07 Å². The summed E-state index contributed by atoms with van der Waals surface area (Å²) in [5.74, 6) is 0.0225. The van der Waals surface area contributed by atoms with Crippen LogP contribution in [-0.2, 0) is 6.54 Å². The van der Waals surface area contributed by atoms with Gasteiger partial charge in [-0.05, 0) is 29.0 Å². The maximum absolute atomic E-state index is 12.5. The van der Waals surface area contributed by atoms with Crippen LogP contribution in [-0.4, -0.2) is 15.3 Å². The molecular weight excluding hydrogens is 316 g/mol. The molecule has 1 heterocycles. The number of hydrogen-bond donors (Lipinski definition) is 0. The van der Waals surface area contributed by atoms with E-state index in [1.807, 2.05) is 47.2 Å². The van der Waals surface area contributed by atoms with Gasteiger partial charge in [0.1, 0.15) is 0 Å². The Morgan fingerprint density at radius 2 is 1.80 bits per heavy atom. The summed E-state index contributed by atoms with van der Waals surface area (Å²) in [7, 11) is 0. The molecule has 2 aromatic carbocycles. The van der Waals surface area contributed by atoms with Crippen LogP contribution in [0.1, 0.15) is 10.4 Å². The lowest BCUT2D eigenvalue weighted by atomic mass is 10.1. The molecule has 0 spiro atoms. The minimum atomic E-state index is -0.399. The summed E-state index contributed by atoms with van der Waals surface area (Å²) in [4.78, 5) is 23.1. The number of ketones is 1. The highest BCUT2D eigenvalue weighted by Crippen LogP contribution is 2.35. The van der Waals surface area contributed by atoms with Crippen LogP contribution in [0.25, 0.3) is 22.0 Å². The summed E-state index contributed by atoms with van der Waals surface area (Å²) in [5.41, 5.74) is 2.60. The van der Waals surface area contributed by atoms with E-state index in [4.69, 9.17) is 0 Å². The number of carbonyl (C=O) groups excluding carboxylic acids is 1. The van der Waals surface area contributed by atoms with E-state index in [9.17, 15) is 14.9 Å². The Morgan fingerprint density at radius 1 is 1.00 bits per heavy atom. The lowest BCUT2D eigenvalue weighted by Gasteiger charge is -2.12. The Hall–Kier alpha value is -3.47. The molecular formula is C20H14N2O3. The summed E-state index contributed by atoms with van der Waals surface area (Å²) in [6.07, 6.45) is 1.86. The van der Waals surface area contributed by atoms with Crippen LogP contribution >= 0.6 is 0 Å². The highest BCUT2D eigenvalue weighted by atomic mass is 16.6. The van der Waals surface area contributed by atoms with Crippen molar-refractivity contribution in [2.75, 3.05) is 0 Å². The molecule has 5 nitrogen and oxygen atoms in total. The van der Waals surface area contributed by atoms with Crippen LogP contribution in [0.3, 0.4) is 0 Å². The minimum Gasteiger partial charge on any atom is -0.340 e. The Labute approximate surface area is 143 Å². The lowest BCUT2D eigenvalue weighted by Crippen LogP contribution is -2.11. The van der Waals surface area contributed by atoms with E-state index in [2.05, 4.69) is 0 Å². The van der Waals surface area contributed by atoms with E-state index in [0.29, 0.717) is 5.56 Å². The van der Waals surface area contributed by atoms with E-state index in [0.717, 1.165) is 22.0 Å². The highest BCUT2D eigenvalue weighted by Gasteiger charge is 2.17. The van der Waals surface area contributed by atoms with Crippen molar-refractivity contribution in [2.45, 2.75) is 6.54 Å². The topological polar surface area (TPSA) is 65.1 Å². The van der Waals surface area contributed by atoms with Crippen molar-refractivity contribution in [3.05, 3.63) is 88.6 Å². The number of benzene rings is 2. The first kappa shape index (κ1) is 15.1. The van der Waals surface area contributed by atoms with Gasteiger partial charge in [-0.25, -0.2) is 0 Å². The molecule has 0 bridgehead atoms. The van der Waals surface area contributed by atoms with Crippen molar-refractivity contribution in [3.8, 4) is 11.3 Å². The maximum atomic E-state index is 12.5. The van der Waals surface area contributed by atoms with E-state index >= 15 is 0 Å². The number of aromatic nitrogens is 1. The third-order valence-corrected chi connectivity index (χ3v) is 4.35. The van der Waals surface area contributed by atoms with Crippen LogP contribution in [0.15, 0.2) is 72.9 Å². The molecule has 0 amide bonds. The van der Waals surface area contributed by atoms with Crippen LogP contribution < -0.4 is 0 Å². The number of non-ortho nitro benzene ring substituents is 1. The molecule has 25 heavy (non-hydrogen) atoms. The Kier molecular flexibility index (Phi) is 3.54. The van der Waals surface area contributed by atoms with Gasteiger partial charge in [0.25, 0.3) is 5.69 Å². The molecule has 0 unspecified atom stereocenters. The fraction of sp³-hybridized carbons (Fsp3) is 0.0500.